The van der Waals surface area contributed by atoms with E-state index in [4.69, 9.17) is 5.10 Å². The van der Waals surface area contributed by atoms with Crippen LogP contribution in [0.25, 0.3) is 28.2 Å². The summed E-state index contributed by atoms with van der Waals surface area (Å²) in [5, 5.41) is 12.3. The van der Waals surface area contributed by atoms with Crippen LogP contribution in [-0.4, -0.2) is 62.3 Å². The zero-order chi connectivity index (χ0) is 22.4. The fourth-order valence-corrected chi connectivity index (χ4v) is 4.45. The van der Waals surface area contributed by atoms with Gasteiger partial charge in [-0.1, -0.05) is 26.0 Å². The van der Waals surface area contributed by atoms with Gasteiger partial charge >= 0.3 is 0 Å². The largest absolute Gasteiger partial charge is 0.310 e. The average Bonchev–Trinajstić information content (AvgIpc) is 3.41. The summed E-state index contributed by atoms with van der Waals surface area (Å²) in [6.07, 6.45) is 3.54. The number of nitrogens with one attached hydrogen (secondary N) is 1. The van der Waals surface area contributed by atoms with E-state index in [1.165, 1.54) is 0 Å². The van der Waals surface area contributed by atoms with Crippen LogP contribution in [0.15, 0.2) is 42.9 Å². The predicted octanol–water partition coefficient (Wildman–Crippen LogP) is 3.50. The molecule has 1 saturated heterocycles. The predicted molar refractivity (Wildman–Crippen MR) is 125 cm³/mol. The number of benzene rings is 1. The van der Waals surface area contributed by atoms with E-state index in [9.17, 15) is 4.79 Å². The van der Waals surface area contributed by atoms with E-state index in [1.54, 1.807) is 10.8 Å². The topological polar surface area (TPSA) is 82.4 Å². The molecule has 0 unspecified atom stereocenters. The maximum atomic E-state index is 12.4. The number of likely N-dealkylation sites (N-methyl/N-ethyl adjacent to an activating group) is 1. The molecule has 0 saturated carbocycles. The van der Waals surface area contributed by atoms with Gasteiger partial charge in [-0.05, 0) is 49.2 Å². The smallest absolute Gasteiger partial charge is 0.241 e. The van der Waals surface area contributed by atoms with E-state index in [2.05, 4.69) is 47.2 Å². The van der Waals surface area contributed by atoms with Gasteiger partial charge in [-0.15, -0.1) is 0 Å². The first-order chi connectivity index (χ1) is 15.4. The van der Waals surface area contributed by atoms with Crippen molar-refractivity contribution in [2.24, 2.45) is 0 Å². The van der Waals surface area contributed by atoms with Crippen molar-refractivity contribution in [3.63, 3.8) is 0 Å². The van der Waals surface area contributed by atoms with Gasteiger partial charge in [0.2, 0.25) is 5.91 Å². The van der Waals surface area contributed by atoms with E-state index < -0.39 is 0 Å². The number of aryl methyl sites for hydroxylation is 1. The van der Waals surface area contributed by atoms with Crippen LogP contribution in [0.2, 0.25) is 0 Å². The number of aromatic nitrogens is 5. The number of aromatic amines is 1. The Kier molecular flexibility index (Phi) is 5.01. The Morgan fingerprint density at radius 3 is 2.59 bits per heavy atom. The summed E-state index contributed by atoms with van der Waals surface area (Å²) in [6, 6.07) is 10.3. The lowest BCUT2D eigenvalue weighted by Crippen LogP contribution is -2.48. The Balaban J connectivity index is 1.52. The molecule has 0 radical (unpaired) electrons. The fraction of sp³-hybridized carbons (Fsp3) is 0.333. The monoisotopic (exact) mass is 429 g/mol. The van der Waals surface area contributed by atoms with Crippen LogP contribution in [-0.2, 0) is 4.79 Å². The van der Waals surface area contributed by atoms with Crippen LogP contribution >= 0.6 is 0 Å². The highest BCUT2D eigenvalue weighted by Gasteiger charge is 2.24. The van der Waals surface area contributed by atoms with Crippen molar-refractivity contribution in [2.75, 3.05) is 31.6 Å². The minimum absolute atomic E-state index is 0.136. The molecule has 1 amide bonds. The van der Waals surface area contributed by atoms with Crippen LogP contribution in [0.4, 0.5) is 5.69 Å². The Hall–Kier alpha value is -3.52. The molecular formula is C24H27N7O. The molecule has 32 heavy (non-hydrogen) atoms. The first-order valence-electron chi connectivity index (χ1n) is 10.9. The lowest BCUT2D eigenvalue weighted by molar-refractivity contribution is -0.120. The highest BCUT2D eigenvalue weighted by atomic mass is 16.2. The molecule has 164 valence electrons. The van der Waals surface area contributed by atoms with Gasteiger partial charge in [0.15, 0.2) is 5.65 Å². The molecule has 1 aliphatic heterocycles. The maximum absolute atomic E-state index is 12.4. The maximum Gasteiger partial charge on any atom is 0.241 e. The molecule has 0 aliphatic carbocycles. The summed E-state index contributed by atoms with van der Waals surface area (Å²) < 4.78 is 1.80. The average molecular weight is 430 g/mol. The van der Waals surface area contributed by atoms with Gasteiger partial charge in [-0.2, -0.15) is 10.2 Å². The molecule has 8 nitrogen and oxygen atoms in total. The van der Waals surface area contributed by atoms with Gasteiger partial charge in [0.05, 0.1) is 17.9 Å². The summed E-state index contributed by atoms with van der Waals surface area (Å²) in [5.41, 5.74) is 7.99. The number of pyridine rings is 1. The van der Waals surface area contributed by atoms with Crippen LogP contribution in [0.5, 0.6) is 0 Å². The first kappa shape index (κ1) is 20.4. The third-order valence-corrected chi connectivity index (χ3v) is 6.09. The number of carbonyl (C=O) groups is 1. The molecule has 4 heterocycles. The van der Waals surface area contributed by atoms with Gasteiger partial charge in [-0.25, -0.2) is 9.50 Å². The second kappa shape index (κ2) is 7.87. The van der Waals surface area contributed by atoms with Crippen LogP contribution in [0.1, 0.15) is 30.9 Å². The molecular weight excluding hydrogens is 402 g/mol. The number of anilines is 1. The zero-order valence-corrected chi connectivity index (χ0v) is 18.8. The number of fused-ring (bicyclic) bond motifs is 1. The van der Waals surface area contributed by atoms with Gasteiger partial charge in [0.25, 0.3) is 0 Å². The number of hydrogen-bond acceptors (Lipinski definition) is 5. The van der Waals surface area contributed by atoms with Crippen molar-refractivity contribution in [1.29, 1.82) is 0 Å². The van der Waals surface area contributed by atoms with Crippen molar-refractivity contribution in [2.45, 2.75) is 26.7 Å². The van der Waals surface area contributed by atoms with E-state index >= 15 is 0 Å². The number of amides is 1. The molecule has 1 aromatic carbocycles. The second-order valence-electron chi connectivity index (χ2n) is 8.79. The zero-order valence-electron chi connectivity index (χ0n) is 18.8. The molecule has 8 heteroatoms. The van der Waals surface area contributed by atoms with E-state index in [0.29, 0.717) is 13.1 Å². The summed E-state index contributed by atoms with van der Waals surface area (Å²) >= 11 is 0. The summed E-state index contributed by atoms with van der Waals surface area (Å²) in [5.74, 6) is 0.404. The number of hydrogen-bond donors (Lipinski definition) is 1. The number of nitrogens with zero attached hydrogens (tertiary/aromatic N) is 6. The molecule has 4 aromatic rings. The molecule has 0 atom stereocenters. The van der Waals surface area contributed by atoms with Gasteiger partial charge in [0, 0.05) is 36.1 Å². The number of carbonyl (C=O) groups excluding carboxylic acids is 1. The van der Waals surface area contributed by atoms with E-state index in [1.807, 2.05) is 42.1 Å². The molecule has 3 aromatic heterocycles. The Morgan fingerprint density at radius 2 is 1.88 bits per heavy atom. The van der Waals surface area contributed by atoms with E-state index in [-0.39, 0.29) is 11.8 Å². The highest BCUT2D eigenvalue weighted by molar-refractivity contribution is 5.95. The summed E-state index contributed by atoms with van der Waals surface area (Å²) in [7, 11) is 1.98. The molecule has 1 aliphatic rings. The minimum Gasteiger partial charge on any atom is -0.310 e. The Morgan fingerprint density at radius 1 is 1.09 bits per heavy atom. The Labute approximate surface area is 186 Å². The third-order valence-electron chi connectivity index (χ3n) is 6.09. The van der Waals surface area contributed by atoms with Crippen molar-refractivity contribution >= 4 is 17.2 Å². The van der Waals surface area contributed by atoms with Gasteiger partial charge in [0.1, 0.15) is 6.33 Å². The fourth-order valence-electron chi connectivity index (χ4n) is 4.45. The quantitative estimate of drug-likeness (QED) is 0.537. The highest BCUT2D eigenvalue weighted by Crippen LogP contribution is 2.36. The normalized spacial score (nSPS) is 15.3. The third kappa shape index (κ3) is 3.46. The van der Waals surface area contributed by atoms with Crippen LogP contribution in [0.3, 0.4) is 0 Å². The molecule has 0 bridgehead atoms. The second-order valence-corrected chi connectivity index (χ2v) is 8.79. The standard InChI is InChI=1S/C24H27N7O/c1-15(2)21-22(17-5-7-19(8-6-17)30-10-9-29(4)13-20(30)32)27-28-23(21)18-11-16(3)24-25-14-26-31(24)12-18/h5-8,11-12,14-15H,9-10,13H2,1-4H3,(H,27,28). The molecule has 5 rings (SSSR count). The van der Waals surface area contributed by atoms with Crippen LogP contribution in [0, 0.1) is 6.92 Å². The van der Waals surface area contributed by atoms with Crippen molar-refractivity contribution < 1.29 is 4.79 Å². The molecule has 1 fully saturated rings. The summed E-state index contributed by atoms with van der Waals surface area (Å²) in [6.45, 7) is 8.44. The molecule has 0 spiro atoms. The summed E-state index contributed by atoms with van der Waals surface area (Å²) in [4.78, 5) is 20.6. The van der Waals surface area contributed by atoms with Crippen LogP contribution < -0.4 is 4.90 Å². The van der Waals surface area contributed by atoms with Gasteiger partial charge < -0.3 is 4.90 Å². The molecule has 1 N–H and O–H groups in total. The lowest BCUT2D eigenvalue weighted by atomic mass is 9.94. The van der Waals surface area contributed by atoms with Gasteiger partial charge in [-0.3, -0.25) is 14.8 Å². The lowest BCUT2D eigenvalue weighted by Gasteiger charge is -2.32. The Bertz CT molecular complexity index is 1290. The van der Waals surface area contributed by atoms with Crippen molar-refractivity contribution in [1.82, 2.24) is 29.7 Å². The van der Waals surface area contributed by atoms with Crippen molar-refractivity contribution in [3.8, 4) is 22.5 Å². The first-order valence-corrected chi connectivity index (χ1v) is 10.9. The minimum atomic E-state index is 0.136. The van der Waals surface area contributed by atoms with E-state index in [0.717, 1.165) is 51.5 Å². The SMILES string of the molecule is Cc1cc(-c2n[nH]c(-c3ccc(N4CCN(C)CC4=O)cc3)c2C(C)C)cn2ncnc12. The number of rotatable bonds is 4. The number of piperazine rings is 1. The number of H-pyrrole nitrogens is 1. The van der Waals surface area contributed by atoms with Crippen molar-refractivity contribution in [3.05, 3.63) is 54.0 Å².